The van der Waals surface area contributed by atoms with Crippen molar-refractivity contribution in [1.82, 2.24) is 9.97 Å². The van der Waals surface area contributed by atoms with Crippen molar-refractivity contribution in [3.8, 4) is 6.07 Å². The summed E-state index contributed by atoms with van der Waals surface area (Å²) in [5.74, 6) is -1.06. The van der Waals surface area contributed by atoms with Gasteiger partial charge in [0.2, 0.25) is 0 Å². The second kappa shape index (κ2) is 5.60. The van der Waals surface area contributed by atoms with Crippen molar-refractivity contribution >= 4 is 11.7 Å². The molecule has 2 aromatic rings. The summed E-state index contributed by atoms with van der Waals surface area (Å²) >= 11 is 0. The molecule has 0 spiro atoms. The molecule has 2 rings (SSSR count). The highest BCUT2D eigenvalue weighted by molar-refractivity contribution is 5.85. The number of carbonyl (C=O) groups is 1. The maximum atomic E-state index is 10.7. The lowest BCUT2D eigenvalue weighted by atomic mass is 10.2. The summed E-state index contributed by atoms with van der Waals surface area (Å²) in [6.45, 7) is 0.438. The monoisotopic (exact) mass is 254 g/mol. The molecule has 0 saturated heterocycles. The van der Waals surface area contributed by atoms with E-state index in [1.54, 1.807) is 24.4 Å². The fraction of sp³-hybridized carbons (Fsp3) is 0.0769. The predicted octanol–water partition coefficient (Wildman–Crippen LogP) is 1.66. The van der Waals surface area contributed by atoms with Gasteiger partial charge >= 0.3 is 5.97 Å². The Morgan fingerprint density at radius 3 is 2.84 bits per heavy atom. The Bertz CT molecular complexity index is 632. The molecule has 94 valence electrons. The third kappa shape index (κ3) is 3.04. The van der Waals surface area contributed by atoms with Crippen LogP contribution in [0.5, 0.6) is 0 Å². The van der Waals surface area contributed by atoms with Crippen LogP contribution in [0.2, 0.25) is 0 Å². The third-order valence-electron chi connectivity index (χ3n) is 2.44. The smallest absolute Gasteiger partial charge is 0.354 e. The Morgan fingerprint density at radius 2 is 2.21 bits per heavy atom. The fourth-order valence-electron chi connectivity index (χ4n) is 1.49. The van der Waals surface area contributed by atoms with Gasteiger partial charge in [-0.2, -0.15) is 5.26 Å². The van der Waals surface area contributed by atoms with E-state index in [1.807, 2.05) is 6.07 Å². The van der Waals surface area contributed by atoms with Gasteiger partial charge in [0.05, 0.1) is 5.69 Å². The van der Waals surface area contributed by atoms with Crippen LogP contribution < -0.4 is 5.32 Å². The average molecular weight is 254 g/mol. The molecule has 0 radical (unpaired) electrons. The van der Waals surface area contributed by atoms with Crippen LogP contribution in [0.1, 0.15) is 21.7 Å². The Morgan fingerprint density at radius 1 is 1.37 bits per heavy atom. The number of nitriles is 1. The molecule has 0 amide bonds. The first kappa shape index (κ1) is 12.5. The average Bonchev–Trinajstić information content (AvgIpc) is 2.45. The molecule has 0 aliphatic rings. The molecule has 6 heteroatoms. The molecule has 0 fully saturated rings. The molecule has 0 unspecified atom stereocenters. The molecular formula is C13H10N4O2. The van der Waals surface area contributed by atoms with Crippen LogP contribution in [0.3, 0.4) is 0 Å². The molecule has 0 bridgehead atoms. The van der Waals surface area contributed by atoms with E-state index in [1.165, 1.54) is 12.3 Å². The lowest BCUT2D eigenvalue weighted by molar-refractivity contribution is 0.0690. The minimum absolute atomic E-state index is 0.00263. The van der Waals surface area contributed by atoms with Crippen molar-refractivity contribution in [3.05, 3.63) is 53.6 Å². The van der Waals surface area contributed by atoms with Gasteiger partial charge in [-0.05, 0) is 23.8 Å². The van der Waals surface area contributed by atoms with Gasteiger partial charge in [-0.1, -0.05) is 6.07 Å². The number of pyridine rings is 2. The van der Waals surface area contributed by atoms with Crippen molar-refractivity contribution < 1.29 is 9.90 Å². The number of rotatable bonds is 4. The van der Waals surface area contributed by atoms with E-state index in [4.69, 9.17) is 10.4 Å². The maximum Gasteiger partial charge on any atom is 0.354 e. The van der Waals surface area contributed by atoms with Crippen molar-refractivity contribution in [3.63, 3.8) is 0 Å². The van der Waals surface area contributed by atoms with Gasteiger partial charge in [0.15, 0.2) is 5.69 Å². The van der Waals surface area contributed by atoms with Gasteiger partial charge in [-0.15, -0.1) is 0 Å². The Balaban J connectivity index is 2.06. The van der Waals surface area contributed by atoms with Crippen LogP contribution in [0.4, 0.5) is 5.69 Å². The Kier molecular flexibility index (Phi) is 3.69. The summed E-state index contributed by atoms with van der Waals surface area (Å²) in [4.78, 5) is 18.4. The normalized spacial score (nSPS) is 9.63. The number of hydrogen-bond donors (Lipinski definition) is 2. The first-order valence-electron chi connectivity index (χ1n) is 5.48. The van der Waals surface area contributed by atoms with E-state index in [0.717, 1.165) is 5.56 Å². The number of nitrogens with one attached hydrogen (secondary N) is 1. The van der Waals surface area contributed by atoms with Gasteiger partial charge in [0.25, 0.3) is 0 Å². The van der Waals surface area contributed by atoms with Gasteiger partial charge < -0.3 is 10.4 Å². The van der Waals surface area contributed by atoms with E-state index in [9.17, 15) is 4.79 Å². The lowest BCUT2D eigenvalue weighted by Crippen LogP contribution is -2.04. The summed E-state index contributed by atoms with van der Waals surface area (Å²) in [7, 11) is 0. The first-order valence-corrected chi connectivity index (χ1v) is 5.48. The second-order valence-corrected chi connectivity index (χ2v) is 3.72. The van der Waals surface area contributed by atoms with Crippen LogP contribution in [-0.4, -0.2) is 21.0 Å². The van der Waals surface area contributed by atoms with E-state index in [-0.39, 0.29) is 5.69 Å². The van der Waals surface area contributed by atoms with Gasteiger partial charge in [-0.25, -0.2) is 14.8 Å². The predicted molar refractivity (Wildman–Crippen MR) is 67.5 cm³/mol. The Labute approximate surface area is 109 Å². The zero-order valence-electron chi connectivity index (χ0n) is 9.87. The molecule has 6 nitrogen and oxygen atoms in total. The number of hydrogen-bond acceptors (Lipinski definition) is 5. The second-order valence-electron chi connectivity index (χ2n) is 3.72. The summed E-state index contributed by atoms with van der Waals surface area (Å²) in [6, 6.07) is 8.59. The third-order valence-corrected chi connectivity index (χ3v) is 2.44. The molecule has 2 aromatic heterocycles. The van der Waals surface area contributed by atoms with Crippen LogP contribution in [0.15, 0.2) is 36.7 Å². The topological polar surface area (TPSA) is 98.9 Å². The number of aromatic carboxylic acids is 1. The minimum Gasteiger partial charge on any atom is -0.477 e. The summed E-state index contributed by atoms with van der Waals surface area (Å²) in [6.07, 6.45) is 3.03. The quantitative estimate of drug-likeness (QED) is 0.860. The Hall–Kier alpha value is -2.94. The zero-order chi connectivity index (χ0) is 13.7. The van der Waals surface area contributed by atoms with E-state index >= 15 is 0 Å². The van der Waals surface area contributed by atoms with Crippen LogP contribution >= 0.6 is 0 Å². The van der Waals surface area contributed by atoms with Crippen molar-refractivity contribution in [2.75, 3.05) is 5.32 Å². The number of nitrogens with zero attached hydrogens (tertiary/aromatic N) is 3. The minimum atomic E-state index is -1.06. The summed E-state index contributed by atoms with van der Waals surface area (Å²) < 4.78 is 0. The molecule has 2 N–H and O–H groups in total. The molecule has 0 atom stereocenters. The van der Waals surface area contributed by atoms with Crippen LogP contribution in [-0.2, 0) is 6.54 Å². The first-order chi connectivity index (χ1) is 9.20. The van der Waals surface area contributed by atoms with Gasteiger partial charge in [0, 0.05) is 18.9 Å². The summed E-state index contributed by atoms with van der Waals surface area (Å²) in [5.41, 5.74) is 1.77. The summed E-state index contributed by atoms with van der Waals surface area (Å²) in [5, 5.41) is 20.7. The highest BCUT2D eigenvalue weighted by Crippen LogP contribution is 2.12. The molecule has 19 heavy (non-hydrogen) atoms. The highest BCUT2D eigenvalue weighted by atomic mass is 16.4. The molecule has 0 saturated carbocycles. The molecule has 2 heterocycles. The highest BCUT2D eigenvalue weighted by Gasteiger charge is 2.05. The lowest BCUT2D eigenvalue weighted by Gasteiger charge is -2.07. The SMILES string of the molecule is N#Cc1ncccc1NCc1ccc(C(=O)O)nc1. The number of anilines is 1. The number of carboxylic acids is 1. The number of aromatic nitrogens is 2. The maximum absolute atomic E-state index is 10.7. The number of carboxylic acid groups (broad SMARTS) is 1. The van der Waals surface area contributed by atoms with Crippen molar-refractivity contribution in [2.45, 2.75) is 6.54 Å². The molecular weight excluding hydrogens is 244 g/mol. The largest absolute Gasteiger partial charge is 0.477 e. The molecule has 0 aromatic carbocycles. The van der Waals surface area contributed by atoms with E-state index < -0.39 is 5.97 Å². The van der Waals surface area contributed by atoms with Gasteiger partial charge in [0.1, 0.15) is 11.8 Å². The fourth-order valence-corrected chi connectivity index (χ4v) is 1.49. The van der Waals surface area contributed by atoms with Gasteiger partial charge in [-0.3, -0.25) is 0 Å². The standard InChI is InChI=1S/C13H10N4O2/c14-6-12-10(2-1-5-15-12)16-7-9-3-4-11(13(18)19)17-8-9/h1-5,8,16H,7H2,(H,18,19). The van der Waals surface area contributed by atoms with Crippen molar-refractivity contribution in [1.29, 1.82) is 5.26 Å². The van der Waals surface area contributed by atoms with E-state index in [0.29, 0.717) is 17.9 Å². The molecule has 0 aliphatic heterocycles. The molecule has 0 aliphatic carbocycles. The van der Waals surface area contributed by atoms with E-state index in [2.05, 4.69) is 15.3 Å². The van der Waals surface area contributed by atoms with Crippen LogP contribution in [0.25, 0.3) is 0 Å². The van der Waals surface area contributed by atoms with Crippen molar-refractivity contribution in [2.24, 2.45) is 0 Å². The van der Waals surface area contributed by atoms with Crippen LogP contribution in [0, 0.1) is 11.3 Å². The zero-order valence-corrected chi connectivity index (χ0v) is 9.87.